The molecule has 2 N–H and O–H groups in total. The van der Waals surface area contributed by atoms with E-state index >= 15 is 0 Å². The van der Waals surface area contributed by atoms with Gasteiger partial charge in [0.15, 0.2) is 15.6 Å². The van der Waals surface area contributed by atoms with Crippen LogP contribution in [0.2, 0.25) is 10.0 Å². The zero-order valence-electron chi connectivity index (χ0n) is 20.6. The van der Waals surface area contributed by atoms with Gasteiger partial charge in [0.2, 0.25) is 0 Å². The van der Waals surface area contributed by atoms with E-state index < -0.39 is 27.8 Å². The highest BCUT2D eigenvalue weighted by atomic mass is 35.5. The van der Waals surface area contributed by atoms with Crippen molar-refractivity contribution < 1.29 is 32.3 Å². The fraction of sp³-hybridized carbons (Fsp3) is 0.179. The van der Waals surface area contributed by atoms with Crippen molar-refractivity contribution in [2.24, 2.45) is 0 Å². The third-order valence-electron chi connectivity index (χ3n) is 6.12. The van der Waals surface area contributed by atoms with Gasteiger partial charge in [-0.25, -0.2) is 13.2 Å². The van der Waals surface area contributed by atoms with E-state index in [0.717, 1.165) is 11.6 Å². The number of aryl methyl sites for hydroxylation is 1. The van der Waals surface area contributed by atoms with Gasteiger partial charge in [-0.15, -0.1) is 0 Å². The highest BCUT2D eigenvalue weighted by molar-refractivity contribution is 7.90. The number of amides is 1. The van der Waals surface area contributed by atoms with Crippen LogP contribution in [-0.2, 0) is 27.5 Å². The molecule has 4 aromatic rings. The molecule has 0 aliphatic rings. The maximum atomic E-state index is 13.0. The molecule has 0 saturated carbocycles. The Balaban J connectivity index is 1.45. The molecule has 11 heteroatoms. The second-order valence-corrected chi connectivity index (χ2v) is 11.8. The molecule has 0 aliphatic heterocycles. The molecule has 39 heavy (non-hydrogen) atoms. The summed E-state index contributed by atoms with van der Waals surface area (Å²) in [5.41, 5.74) is 2.06. The van der Waals surface area contributed by atoms with E-state index in [9.17, 15) is 27.9 Å². The first kappa shape index (κ1) is 28.4. The number of nitrogens with one attached hydrogen (secondary N) is 1. The normalized spacial score (nSPS) is 12.3. The molecule has 1 heterocycles. The van der Waals surface area contributed by atoms with Crippen LogP contribution in [0.1, 0.15) is 38.3 Å². The number of Topliss-reactive ketones (excluding diaryl/α,β-unsaturated/α-hetero) is 1. The minimum Gasteiger partial charge on any atom is -0.480 e. The van der Waals surface area contributed by atoms with Gasteiger partial charge in [0.05, 0.1) is 26.8 Å². The lowest BCUT2D eigenvalue weighted by molar-refractivity contribution is -0.139. The number of sulfone groups is 1. The van der Waals surface area contributed by atoms with E-state index in [0.29, 0.717) is 28.7 Å². The number of ketones is 1. The van der Waals surface area contributed by atoms with Gasteiger partial charge in [0.1, 0.15) is 11.6 Å². The number of carboxylic acid groups (broad SMARTS) is 1. The monoisotopic (exact) mass is 587 g/mol. The summed E-state index contributed by atoms with van der Waals surface area (Å²) in [6.45, 7) is 0. The highest BCUT2D eigenvalue weighted by Gasteiger charge is 2.25. The SMILES string of the molecule is CS(=O)(=O)c1cccc(C[C@H](NC(=O)c2c(Cl)cc(CCC(=O)c3ccc4ccoc4c3)cc2Cl)C(=O)O)c1. The fourth-order valence-corrected chi connectivity index (χ4v) is 5.48. The molecule has 1 amide bonds. The number of halogens is 2. The molecule has 4 rings (SSSR count). The predicted octanol–water partition coefficient (Wildman–Crippen LogP) is 5.38. The lowest BCUT2D eigenvalue weighted by Crippen LogP contribution is -2.42. The Morgan fingerprint density at radius 2 is 1.69 bits per heavy atom. The highest BCUT2D eigenvalue weighted by Crippen LogP contribution is 2.28. The van der Waals surface area contributed by atoms with E-state index in [1.807, 2.05) is 0 Å². The van der Waals surface area contributed by atoms with E-state index in [1.54, 1.807) is 36.6 Å². The van der Waals surface area contributed by atoms with E-state index in [4.69, 9.17) is 27.6 Å². The average Bonchev–Trinajstić information content (AvgIpc) is 3.34. The molecular formula is C28H23Cl2NO7S. The number of carbonyl (C=O) groups excluding carboxylic acids is 2. The van der Waals surface area contributed by atoms with Crippen molar-refractivity contribution in [1.29, 1.82) is 0 Å². The number of hydrogen-bond donors (Lipinski definition) is 2. The second kappa shape index (κ2) is 11.6. The average molecular weight is 588 g/mol. The van der Waals surface area contributed by atoms with Crippen LogP contribution in [0.3, 0.4) is 0 Å². The largest absolute Gasteiger partial charge is 0.480 e. The fourth-order valence-electron chi connectivity index (χ4n) is 4.09. The summed E-state index contributed by atoms with van der Waals surface area (Å²) >= 11 is 12.7. The molecule has 0 aliphatic carbocycles. The molecule has 3 aromatic carbocycles. The number of carbonyl (C=O) groups is 3. The van der Waals surface area contributed by atoms with Crippen LogP contribution in [0.4, 0.5) is 0 Å². The zero-order chi connectivity index (χ0) is 28.3. The summed E-state index contributed by atoms with van der Waals surface area (Å²) in [6.07, 6.45) is 2.91. The van der Waals surface area contributed by atoms with Gasteiger partial charge in [-0.1, -0.05) is 47.5 Å². The number of fused-ring (bicyclic) bond motifs is 1. The first-order valence-corrected chi connectivity index (χ1v) is 14.4. The summed E-state index contributed by atoms with van der Waals surface area (Å²) in [5, 5.41) is 13.0. The molecule has 0 saturated heterocycles. The van der Waals surface area contributed by atoms with Crippen LogP contribution in [0, 0.1) is 0 Å². The minimum absolute atomic E-state index is 0.00247. The maximum Gasteiger partial charge on any atom is 0.326 e. The van der Waals surface area contributed by atoms with Crippen LogP contribution in [0.15, 0.2) is 76.2 Å². The standard InChI is InChI=1S/C28H23Cl2NO7S/c1-39(36,37)20-4-2-3-16(11-20)14-23(28(34)35)31-27(33)26-21(29)12-17(13-22(26)30)5-8-24(32)19-7-6-18-9-10-38-25(18)15-19/h2-4,6-7,9-13,15,23H,5,8,14H2,1H3,(H,31,33)(H,34,35)/t23-/m0/s1. The van der Waals surface area contributed by atoms with Crippen molar-refractivity contribution in [3.8, 4) is 0 Å². The first-order valence-electron chi connectivity index (χ1n) is 11.7. The molecule has 0 radical (unpaired) electrons. The third-order valence-corrected chi connectivity index (χ3v) is 7.82. The number of rotatable bonds is 10. The third kappa shape index (κ3) is 6.86. The Kier molecular flexibility index (Phi) is 8.44. The van der Waals surface area contributed by atoms with Gasteiger partial charge in [0.25, 0.3) is 5.91 Å². The van der Waals surface area contributed by atoms with Gasteiger partial charge in [-0.2, -0.15) is 0 Å². The smallest absolute Gasteiger partial charge is 0.326 e. The minimum atomic E-state index is -3.49. The van der Waals surface area contributed by atoms with Crippen molar-refractivity contribution in [2.75, 3.05) is 6.26 Å². The number of aliphatic carboxylic acids is 1. The summed E-state index contributed by atoms with van der Waals surface area (Å²) in [5.74, 6) is -2.22. The summed E-state index contributed by atoms with van der Waals surface area (Å²) in [6, 6.07) is 14.5. The molecule has 0 spiro atoms. The van der Waals surface area contributed by atoms with Crippen LogP contribution in [0.25, 0.3) is 11.0 Å². The van der Waals surface area contributed by atoms with Crippen molar-refractivity contribution in [3.63, 3.8) is 0 Å². The van der Waals surface area contributed by atoms with Gasteiger partial charge in [0, 0.05) is 30.0 Å². The van der Waals surface area contributed by atoms with Gasteiger partial charge in [-0.05, 0) is 53.9 Å². The Morgan fingerprint density at radius 3 is 2.36 bits per heavy atom. The Labute approximate surface area is 234 Å². The quantitative estimate of drug-likeness (QED) is 0.238. The maximum absolute atomic E-state index is 13.0. The lowest BCUT2D eigenvalue weighted by Gasteiger charge is -2.17. The van der Waals surface area contributed by atoms with E-state index in [1.165, 1.54) is 30.3 Å². The molecule has 1 atom stereocenters. The zero-order valence-corrected chi connectivity index (χ0v) is 22.9. The summed E-state index contributed by atoms with van der Waals surface area (Å²) < 4.78 is 29.0. The first-order chi connectivity index (χ1) is 18.4. The summed E-state index contributed by atoms with van der Waals surface area (Å²) in [4.78, 5) is 37.5. The van der Waals surface area contributed by atoms with Gasteiger partial charge < -0.3 is 14.8 Å². The summed E-state index contributed by atoms with van der Waals surface area (Å²) in [7, 11) is -3.49. The molecular weight excluding hydrogens is 565 g/mol. The topological polar surface area (TPSA) is 131 Å². The number of benzene rings is 3. The lowest BCUT2D eigenvalue weighted by atomic mass is 10.0. The number of carboxylic acids is 1. The van der Waals surface area contributed by atoms with Crippen molar-refractivity contribution in [3.05, 3.63) is 99.2 Å². The van der Waals surface area contributed by atoms with Crippen molar-refractivity contribution >= 4 is 61.7 Å². The molecule has 0 fully saturated rings. The van der Waals surface area contributed by atoms with Gasteiger partial charge >= 0.3 is 5.97 Å². The predicted molar refractivity (Wildman–Crippen MR) is 147 cm³/mol. The Hall–Kier alpha value is -3.66. The van der Waals surface area contributed by atoms with Crippen LogP contribution < -0.4 is 5.32 Å². The molecule has 0 bridgehead atoms. The number of furan rings is 1. The molecule has 0 unspecified atom stereocenters. The van der Waals surface area contributed by atoms with Crippen LogP contribution >= 0.6 is 23.2 Å². The van der Waals surface area contributed by atoms with E-state index in [-0.39, 0.29) is 39.1 Å². The van der Waals surface area contributed by atoms with Crippen molar-refractivity contribution in [2.45, 2.75) is 30.2 Å². The van der Waals surface area contributed by atoms with Gasteiger partial charge in [-0.3, -0.25) is 9.59 Å². The van der Waals surface area contributed by atoms with E-state index in [2.05, 4.69) is 5.32 Å². The molecule has 1 aromatic heterocycles. The molecule has 202 valence electrons. The van der Waals surface area contributed by atoms with Crippen LogP contribution in [-0.4, -0.2) is 43.5 Å². The number of hydrogen-bond acceptors (Lipinski definition) is 6. The molecule has 8 nitrogen and oxygen atoms in total. The second-order valence-electron chi connectivity index (χ2n) is 9.02. The van der Waals surface area contributed by atoms with Crippen molar-refractivity contribution in [1.82, 2.24) is 5.32 Å². The Bertz CT molecular complexity index is 1670. The van der Waals surface area contributed by atoms with Crippen LogP contribution in [0.5, 0.6) is 0 Å². The Morgan fingerprint density at radius 1 is 0.974 bits per heavy atom.